The molecule has 0 saturated heterocycles. The topological polar surface area (TPSA) is 24.7 Å². The summed E-state index contributed by atoms with van der Waals surface area (Å²) < 4.78 is 13.6. The van der Waals surface area contributed by atoms with Gasteiger partial charge >= 0.3 is 0 Å². The van der Waals surface area contributed by atoms with Gasteiger partial charge in [-0.15, -0.1) is 20.2 Å². The van der Waals surface area contributed by atoms with Crippen molar-refractivity contribution in [2.45, 2.75) is 13.8 Å². The molecule has 0 spiro atoms. The Morgan fingerprint density at radius 1 is 0.818 bits per heavy atom. The van der Waals surface area contributed by atoms with E-state index in [0.29, 0.717) is 0 Å². The lowest BCUT2D eigenvalue weighted by Gasteiger charge is -2.36. The Bertz CT molecular complexity index is 734. The van der Waals surface area contributed by atoms with Gasteiger partial charge in [0.2, 0.25) is 0 Å². The standard InChI is InChI=1S/C18H19FN2S/c1-3-22(4-2)17(14-9-6-5-7-10-14)20-21-18(22)15-11-8-12-16(19)13-15/h5-13H,3-4H2,1-2H3. The smallest absolute Gasteiger partial charge is 0.123 e. The summed E-state index contributed by atoms with van der Waals surface area (Å²) in [6.07, 6.45) is 0. The average Bonchev–Trinajstić information content (AvgIpc) is 2.95. The first kappa shape index (κ1) is 15.0. The van der Waals surface area contributed by atoms with Gasteiger partial charge in [0.25, 0.3) is 0 Å². The summed E-state index contributed by atoms with van der Waals surface area (Å²) in [4.78, 5) is 0. The van der Waals surface area contributed by atoms with E-state index in [0.717, 1.165) is 32.7 Å². The highest BCUT2D eigenvalue weighted by Gasteiger charge is 2.38. The van der Waals surface area contributed by atoms with Crippen molar-refractivity contribution in [1.29, 1.82) is 0 Å². The molecule has 2 nitrogen and oxygen atoms in total. The monoisotopic (exact) mass is 314 g/mol. The van der Waals surface area contributed by atoms with E-state index >= 15 is 0 Å². The van der Waals surface area contributed by atoms with Gasteiger partial charge in [-0.05, 0) is 23.6 Å². The molecule has 2 aromatic carbocycles. The molecule has 4 heteroatoms. The van der Waals surface area contributed by atoms with E-state index in [4.69, 9.17) is 0 Å². The highest BCUT2D eigenvalue weighted by Crippen LogP contribution is 2.56. The number of hydrogen-bond acceptors (Lipinski definition) is 2. The normalized spacial score (nSPS) is 17.8. The Hall–Kier alpha value is -1.94. The molecule has 3 rings (SSSR count). The van der Waals surface area contributed by atoms with Crippen LogP contribution in [-0.2, 0) is 0 Å². The fourth-order valence-corrected chi connectivity index (χ4v) is 6.10. The van der Waals surface area contributed by atoms with Gasteiger partial charge in [-0.2, -0.15) is 0 Å². The third-order valence-electron chi connectivity index (χ3n) is 4.05. The summed E-state index contributed by atoms with van der Waals surface area (Å²) in [6, 6.07) is 16.9. The van der Waals surface area contributed by atoms with Gasteiger partial charge < -0.3 is 0 Å². The first-order valence-electron chi connectivity index (χ1n) is 7.47. The number of benzene rings is 2. The Kier molecular flexibility index (Phi) is 4.12. The predicted octanol–water partition coefficient (Wildman–Crippen LogP) is 4.79. The summed E-state index contributed by atoms with van der Waals surface area (Å²) in [7, 11) is -1.31. The number of halogens is 1. The molecule has 1 aliphatic rings. The number of hydrogen-bond donors (Lipinski definition) is 0. The fourth-order valence-electron chi connectivity index (χ4n) is 2.86. The molecular formula is C18H19FN2S. The van der Waals surface area contributed by atoms with E-state index in [9.17, 15) is 4.39 Å². The van der Waals surface area contributed by atoms with E-state index < -0.39 is 10.0 Å². The Morgan fingerprint density at radius 2 is 1.41 bits per heavy atom. The van der Waals surface area contributed by atoms with Crippen LogP contribution in [0.2, 0.25) is 0 Å². The van der Waals surface area contributed by atoms with Gasteiger partial charge in [-0.3, -0.25) is 0 Å². The Balaban J connectivity index is 2.08. The zero-order valence-corrected chi connectivity index (χ0v) is 13.6. The molecule has 0 fully saturated rings. The maximum absolute atomic E-state index is 13.6. The van der Waals surface area contributed by atoms with Gasteiger partial charge in [0.05, 0.1) is 0 Å². The van der Waals surface area contributed by atoms with Crippen LogP contribution in [0, 0.1) is 5.82 Å². The molecule has 1 heterocycles. The van der Waals surface area contributed by atoms with Crippen LogP contribution in [0.1, 0.15) is 25.0 Å². The van der Waals surface area contributed by atoms with Crippen LogP contribution in [0.3, 0.4) is 0 Å². The highest BCUT2D eigenvalue weighted by atomic mass is 32.3. The van der Waals surface area contributed by atoms with E-state index in [-0.39, 0.29) is 5.82 Å². The largest absolute Gasteiger partial charge is 0.207 e. The van der Waals surface area contributed by atoms with Crippen LogP contribution in [-0.4, -0.2) is 21.6 Å². The summed E-state index contributed by atoms with van der Waals surface area (Å²) in [5.74, 6) is 1.70. The molecule has 0 N–H and O–H groups in total. The first-order valence-corrected chi connectivity index (χ1v) is 9.44. The van der Waals surface area contributed by atoms with Crippen LogP contribution in [0.25, 0.3) is 0 Å². The molecule has 0 unspecified atom stereocenters. The SMILES string of the molecule is CCS1(CC)C(c2ccccc2)=NN=C1c1cccc(F)c1. The third kappa shape index (κ3) is 2.37. The second-order valence-electron chi connectivity index (χ2n) is 5.15. The van der Waals surface area contributed by atoms with Crippen LogP contribution in [0.5, 0.6) is 0 Å². The average molecular weight is 314 g/mol. The van der Waals surface area contributed by atoms with E-state index in [2.05, 4.69) is 36.2 Å². The second kappa shape index (κ2) is 6.05. The zero-order valence-electron chi connectivity index (χ0n) is 12.8. The minimum absolute atomic E-state index is 0.228. The number of rotatable bonds is 4. The van der Waals surface area contributed by atoms with Crippen molar-refractivity contribution in [1.82, 2.24) is 0 Å². The summed E-state index contributed by atoms with van der Waals surface area (Å²) in [5, 5.41) is 11.0. The van der Waals surface area contributed by atoms with Crippen LogP contribution < -0.4 is 0 Å². The molecule has 0 radical (unpaired) electrons. The predicted molar refractivity (Wildman–Crippen MR) is 94.6 cm³/mol. The van der Waals surface area contributed by atoms with Gasteiger partial charge in [-0.1, -0.05) is 56.3 Å². The lowest BCUT2D eigenvalue weighted by atomic mass is 10.2. The minimum Gasteiger partial charge on any atom is -0.207 e. The summed E-state index contributed by atoms with van der Waals surface area (Å²) >= 11 is 0. The van der Waals surface area contributed by atoms with Crippen LogP contribution >= 0.6 is 10.0 Å². The molecule has 0 aliphatic carbocycles. The molecule has 0 aromatic heterocycles. The molecule has 0 atom stereocenters. The van der Waals surface area contributed by atoms with Crippen molar-refractivity contribution in [3.63, 3.8) is 0 Å². The molecule has 1 aliphatic heterocycles. The zero-order chi connectivity index (χ0) is 15.6. The molecule has 0 bridgehead atoms. The van der Waals surface area contributed by atoms with Gasteiger partial charge in [0.1, 0.15) is 15.9 Å². The molecule has 0 saturated carbocycles. The summed E-state index contributed by atoms with van der Waals surface area (Å²) in [6.45, 7) is 4.36. The van der Waals surface area contributed by atoms with E-state index in [1.165, 1.54) is 6.07 Å². The molecule has 2 aromatic rings. The van der Waals surface area contributed by atoms with Gasteiger partial charge in [0.15, 0.2) is 0 Å². The fraction of sp³-hybridized carbons (Fsp3) is 0.222. The highest BCUT2D eigenvalue weighted by molar-refractivity contribution is 8.56. The van der Waals surface area contributed by atoms with Crippen molar-refractivity contribution >= 4 is 20.1 Å². The third-order valence-corrected chi connectivity index (χ3v) is 8.14. The van der Waals surface area contributed by atoms with Crippen LogP contribution in [0.15, 0.2) is 64.8 Å². The van der Waals surface area contributed by atoms with Crippen molar-refractivity contribution < 1.29 is 4.39 Å². The van der Waals surface area contributed by atoms with E-state index in [1.54, 1.807) is 12.1 Å². The molecule has 0 amide bonds. The van der Waals surface area contributed by atoms with Gasteiger partial charge in [-0.25, -0.2) is 4.39 Å². The van der Waals surface area contributed by atoms with Crippen LogP contribution in [0.4, 0.5) is 4.39 Å². The lowest BCUT2D eigenvalue weighted by molar-refractivity contribution is 0.627. The van der Waals surface area contributed by atoms with Crippen molar-refractivity contribution in [3.8, 4) is 0 Å². The van der Waals surface area contributed by atoms with Crippen molar-refractivity contribution in [2.24, 2.45) is 10.2 Å². The summed E-state index contributed by atoms with van der Waals surface area (Å²) in [5.41, 5.74) is 1.98. The lowest BCUT2D eigenvalue weighted by Crippen LogP contribution is -2.23. The molecule has 114 valence electrons. The van der Waals surface area contributed by atoms with Crippen molar-refractivity contribution in [2.75, 3.05) is 11.5 Å². The van der Waals surface area contributed by atoms with E-state index in [1.807, 2.05) is 24.3 Å². The quantitative estimate of drug-likeness (QED) is 0.775. The minimum atomic E-state index is -1.31. The maximum Gasteiger partial charge on any atom is 0.123 e. The second-order valence-corrected chi connectivity index (χ2v) is 8.84. The Morgan fingerprint density at radius 3 is 2.00 bits per heavy atom. The number of nitrogens with zero attached hydrogens (tertiary/aromatic N) is 2. The molecular weight excluding hydrogens is 295 g/mol. The molecule has 22 heavy (non-hydrogen) atoms. The van der Waals surface area contributed by atoms with Gasteiger partial charge in [0, 0.05) is 11.1 Å². The first-order chi connectivity index (χ1) is 10.7. The maximum atomic E-state index is 13.6. The van der Waals surface area contributed by atoms with Crippen molar-refractivity contribution in [3.05, 3.63) is 71.5 Å². The Labute approximate surface area is 132 Å².